The highest BCUT2D eigenvalue weighted by Gasteiger charge is 2.47. The number of benzene rings is 1. The molecule has 1 aliphatic heterocycles. The first-order valence-corrected chi connectivity index (χ1v) is 9.81. The zero-order valence-corrected chi connectivity index (χ0v) is 16.5. The van der Waals surface area contributed by atoms with Gasteiger partial charge in [-0.2, -0.15) is 0 Å². The number of carbonyl (C=O) groups is 4. The third kappa shape index (κ3) is 4.52. The van der Waals surface area contributed by atoms with E-state index in [9.17, 15) is 19.2 Å². The van der Waals surface area contributed by atoms with Gasteiger partial charge in [-0.1, -0.05) is 30.5 Å². The number of nitrogens with one attached hydrogen (secondary N) is 1. The quantitative estimate of drug-likeness (QED) is 0.579. The van der Waals surface area contributed by atoms with Gasteiger partial charge in [0.25, 0.3) is 5.91 Å². The largest absolute Gasteiger partial charge is 0.456 e. The van der Waals surface area contributed by atoms with E-state index in [-0.39, 0.29) is 36.6 Å². The van der Waals surface area contributed by atoms with Crippen molar-refractivity contribution >= 4 is 41.0 Å². The Hall–Kier alpha value is -2.41. The van der Waals surface area contributed by atoms with Crippen LogP contribution in [0.1, 0.15) is 37.7 Å². The summed E-state index contributed by atoms with van der Waals surface area (Å²) in [5, 5.41) is 2.97. The highest BCUT2D eigenvalue weighted by atomic mass is 35.5. The Morgan fingerprint density at radius 3 is 2.43 bits per heavy atom. The molecule has 3 rings (SSSR count). The summed E-state index contributed by atoms with van der Waals surface area (Å²) in [5.41, 5.74) is 1.39. The zero-order valence-electron chi connectivity index (χ0n) is 15.7. The van der Waals surface area contributed by atoms with Crippen molar-refractivity contribution < 1.29 is 23.9 Å². The summed E-state index contributed by atoms with van der Waals surface area (Å²) in [7, 11) is 0. The second-order valence-corrected chi connectivity index (χ2v) is 7.67. The zero-order chi connectivity index (χ0) is 20.3. The Kier molecular flexibility index (Phi) is 6.34. The van der Waals surface area contributed by atoms with Crippen molar-refractivity contribution in [3.8, 4) is 0 Å². The molecule has 0 radical (unpaired) electrons. The molecule has 0 unspecified atom stereocenters. The van der Waals surface area contributed by atoms with Gasteiger partial charge in [-0.15, -0.1) is 0 Å². The Morgan fingerprint density at radius 1 is 1.18 bits per heavy atom. The lowest BCUT2D eigenvalue weighted by atomic mass is 9.81. The molecule has 1 heterocycles. The third-order valence-corrected chi connectivity index (χ3v) is 5.55. The molecule has 0 aromatic heterocycles. The average molecular weight is 407 g/mol. The van der Waals surface area contributed by atoms with Crippen LogP contribution >= 0.6 is 11.6 Å². The minimum Gasteiger partial charge on any atom is -0.456 e. The second kappa shape index (κ2) is 8.73. The molecule has 2 fully saturated rings. The summed E-state index contributed by atoms with van der Waals surface area (Å²) < 4.78 is 4.95. The van der Waals surface area contributed by atoms with E-state index in [4.69, 9.17) is 16.3 Å². The highest BCUT2D eigenvalue weighted by molar-refractivity contribution is 6.33. The van der Waals surface area contributed by atoms with E-state index in [2.05, 4.69) is 5.32 Å². The van der Waals surface area contributed by atoms with Gasteiger partial charge in [-0.05, 0) is 37.5 Å². The van der Waals surface area contributed by atoms with E-state index in [1.165, 1.54) is 4.90 Å². The number of halogens is 1. The average Bonchev–Trinajstić information content (AvgIpc) is 2.91. The van der Waals surface area contributed by atoms with Crippen LogP contribution in [0.15, 0.2) is 18.2 Å². The van der Waals surface area contributed by atoms with Gasteiger partial charge in [-0.3, -0.25) is 24.1 Å². The lowest BCUT2D eigenvalue weighted by molar-refractivity contribution is -0.148. The van der Waals surface area contributed by atoms with E-state index < -0.39 is 18.5 Å². The van der Waals surface area contributed by atoms with Gasteiger partial charge in [0.05, 0.1) is 29.0 Å². The fourth-order valence-corrected chi connectivity index (χ4v) is 4.06. The lowest BCUT2D eigenvalue weighted by Crippen LogP contribution is -2.33. The highest BCUT2D eigenvalue weighted by Crippen LogP contribution is 2.37. The molecule has 1 saturated heterocycles. The van der Waals surface area contributed by atoms with E-state index in [1.807, 2.05) is 6.92 Å². The van der Waals surface area contributed by atoms with E-state index in [1.54, 1.807) is 18.2 Å². The summed E-state index contributed by atoms with van der Waals surface area (Å²) in [4.78, 5) is 49.7. The first-order valence-electron chi connectivity index (χ1n) is 9.43. The molecule has 0 bridgehead atoms. The number of imide groups is 1. The van der Waals surface area contributed by atoms with Gasteiger partial charge in [0.1, 0.15) is 0 Å². The van der Waals surface area contributed by atoms with Crippen molar-refractivity contribution in [3.05, 3.63) is 28.8 Å². The minimum absolute atomic E-state index is 0.00505. The van der Waals surface area contributed by atoms with Crippen molar-refractivity contribution in [1.82, 2.24) is 4.90 Å². The molecule has 2 atom stereocenters. The third-order valence-electron chi connectivity index (χ3n) is 5.23. The SMILES string of the molecule is Cc1ccc(NC(=O)COC(=O)CCN2C(=O)[C@H]3CCCC[C@@H]3C2=O)c(Cl)c1. The second-order valence-electron chi connectivity index (χ2n) is 7.27. The molecule has 2 aliphatic rings. The van der Waals surface area contributed by atoms with Crippen molar-refractivity contribution in [2.24, 2.45) is 11.8 Å². The first-order chi connectivity index (χ1) is 13.4. The summed E-state index contributed by atoms with van der Waals surface area (Å²) in [6.45, 7) is 1.41. The molecule has 3 amide bonds. The molecule has 1 aromatic rings. The maximum absolute atomic E-state index is 12.4. The maximum Gasteiger partial charge on any atom is 0.308 e. The van der Waals surface area contributed by atoms with E-state index in [0.29, 0.717) is 10.7 Å². The summed E-state index contributed by atoms with van der Waals surface area (Å²) in [6.07, 6.45) is 3.25. The number of rotatable bonds is 6. The normalized spacial score (nSPS) is 21.4. The van der Waals surface area contributed by atoms with Gasteiger partial charge >= 0.3 is 5.97 Å². The molecule has 150 valence electrons. The van der Waals surface area contributed by atoms with Crippen LogP contribution in [0.5, 0.6) is 0 Å². The van der Waals surface area contributed by atoms with Crippen molar-refractivity contribution in [3.63, 3.8) is 0 Å². The fraction of sp³-hybridized carbons (Fsp3) is 0.500. The number of aryl methyl sites for hydroxylation is 1. The predicted octanol–water partition coefficient (Wildman–Crippen LogP) is 2.70. The summed E-state index contributed by atoms with van der Waals surface area (Å²) in [5.74, 6) is -1.99. The molecular weight excluding hydrogens is 384 g/mol. The number of esters is 1. The van der Waals surface area contributed by atoms with Crippen LogP contribution < -0.4 is 5.32 Å². The van der Waals surface area contributed by atoms with E-state index >= 15 is 0 Å². The van der Waals surface area contributed by atoms with Gasteiger partial charge in [-0.25, -0.2) is 0 Å². The maximum atomic E-state index is 12.4. The van der Waals surface area contributed by atoms with Crippen molar-refractivity contribution in [2.75, 3.05) is 18.5 Å². The topological polar surface area (TPSA) is 92.8 Å². The number of hydrogen-bond donors (Lipinski definition) is 1. The lowest BCUT2D eigenvalue weighted by Gasteiger charge is -2.19. The molecule has 8 heteroatoms. The van der Waals surface area contributed by atoms with Crippen molar-refractivity contribution in [1.29, 1.82) is 0 Å². The number of ether oxygens (including phenoxy) is 1. The van der Waals surface area contributed by atoms with E-state index in [0.717, 1.165) is 31.2 Å². The number of fused-ring (bicyclic) bond motifs is 1. The number of hydrogen-bond acceptors (Lipinski definition) is 5. The van der Waals surface area contributed by atoms with Gasteiger partial charge in [0.15, 0.2) is 6.61 Å². The molecule has 1 aromatic carbocycles. The number of likely N-dealkylation sites (tertiary alicyclic amines) is 1. The number of carbonyl (C=O) groups excluding carboxylic acids is 4. The smallest absolute Gasteiger partial charge is 0.308 e. The summed E-state index contributed by atoms with van der Waals surface area (Å²) >= 11 is 6.05. The van der Waals surface area contributed by atoms with Crippen LogP contribution in [-0.4, -0.2) is 41.7 Å². The van der Waals surface area contributed by atoms with Gasteiger partial charge < -0.3 is 10.1 Å². The molecule has 1 aliphatic carbocycles. The van der Waals surface area contributed by atoms with Crippen LogP contribution in [0.4, 0.5) is 5.69 Å². The molecule has 1 N–H and O–H groups in total. The van der Waals surface area contributed by atoms with Gasteiger partial charge in [0, 0.05) is 6.54 Å². The molecule has 1 saturated carbocycles. The standard InChI is InChI=1S/C20H23ClN2O5/c1-12-6-7-16(15(21)10-12)22-17(24)11-28-18(25)8-9-23-19(26)13-4-2-3-5-14(13)20(23)27/h6-7,10,13-14H,2-5,8-9,11H2,1H3,(H,22,24)/t13-,14-/m0/s1. The monoisotopic (exact) mass is 406 g/mol. The Morgan fingerprint density at radius 2 is 1.82 bits per heavy atom. The minimum atomic E-state index is -0.638. The predicted molar refractivity (Wildman–Crippen MR) is 103 cm³/mol. The Labute approximate surface area is 168 Å². The number of amides is 3. The number of nitrogens with zero attached hydrogens (tertiary/aromatic N) is 1. The molecule has 0 spiro atoms. The molecule has 28 heavy (non-hydrogen) atoms. The molecular formula is C20H23ClN2O5. The number of anilines is 1. The van der Waals surface area contributed by atoms with Crippen LogP contribution in [0.3, 0.4) is 0 Å². The van der Waals surface area contributed by atoms with Crippen molar-refractivity contribution in [2.45, 2.75) is 39.0 Å². The van der Waals surface area contributed by atoms with Gasteiger partial charge in [0.2, 0.25) is 11.8 Å². The van der Waals surface area contributed by atoms with Crippen LogP contribution in [0.25, 0.3) is 0 Å². The Bertz CT molecular complexity index is 786. The summed E-state index contributed by atoms with van der Waals surface area (Å²) in [6, 6.07) is 5.18. The van der Waals surface area contributed by atoms with Crippen LogP contribution in [0.2, 0.25) is 5.02 Å². The van der Waals surface area contributed by atoms with Crippen LogP contribution in [0, 0.1) is 18.8 Å². The van der Waals surface area contributed by atoms with Crippen LogP contribution in [-0.2, 0) is 23.9 Å². The Balaban J connectivity index is 1.44. The molecule has 7 nitrogen and oxygen atoms in total. The first kappa shape index (κ1) is 20.3. The fourth-order valence-electron chi connectivity index (χ4n) is 3.78.